The lowest BCUT2D eigenvalue weighted by atomic mass is 9.75. The van der Waals surface area contributed by atoms with E-state index in [4.69, 9.17) is 10.4 Å². The van der Waals surface area contributed by atoms with Gasteiger partial charge in [-0.3, -0.25) is 10.1 Å². The van der Waals surface area contributed by atoms with Crippen LogP contribution in [0.5, 0.6) is 0 Å². The predicted octanol–water partition coefficient (Wildman–Crippen LogP) is 2.00. The lowest BCUT2D eigenvalue weighted by Gasteiger charge is -2.30. The highest BCUT2D eigenvalue weighted by Gasteiger charge is 2.34. The monoisotopic (exact) mass is 190 g/mol. The minimum absolute atomic E-state index is 0.143. The molecule has 0 saturated heterocycles. The summed E-state index contributed by atoms with van der Waals surface area (Å²) < 4.78 is 0. The molecule has 4 nitrogen and oxygen atoms in total. The summed E-state index contributed by atoms with van der Waals surface area (Å²) in [6, 6.07) is 0. The molecule has 0 aliphatic carbocycles. The van der Waals surface area contributed by atoms with E-state index in [0.717, 1.165) is 0 Å². The third-order valence-corrected chi connectivity index (χ3v) is 1.95. The maximum absolute atomic E-state index is 10.8. The molecule has 0 aliphatic rings. The molecule has 0 radical (unpaired) electrons. The summed E-state index contributed by atoms with van der Waals surface area (Å²) in [6.07, 6.45) is 0.454. The first-order valence-corrected chi connectivity index (χ1v) is 4.21. The van der Waals surface area contributed by atoms with Crippen LogP contribution in [0.15, 0.2) is 0 Å². The van der Waals surface area contributed by atoms with E-state index >= 15 is 0 Å². The fourth-order valence-corrected chi connectivity index (χ4v) is 1.50. The maximum atomic E-state index is 10.8. The summed E-state index contributed by atoms with van der Waals surface area (Å²) in [5.41, 5.74) is -1.13. The Labute approximate surface area is 78.5 Å². The normalized spacial score (nSPS) is 13.0. The van der Waals surface area contributed by atoms with Crippen molar-refractivity contribution in [2.45, 2.75) is 34.1 Å². The first kappa shape index (κ1) is 12.4. The number of carboxylic acid groups (broad SMARTS) is 1. The Morgan fingerprint density at radius 2 is 1.77 bits per heavy atom. The van der Waals surface area contributed by atoms with E-state index in [9.17, 15) is 4.79 Å². The van der Waals surface area contributed by atoms with Gasteiger partial charge in [0.15, 0.2) is 0 Å². The summed E-state index contributed by atoms with van der Waals surface area (Å²) in [6.45, 7) is 7.18. The highest BCUT2D eigenvalue weighted by molar-refractivity contribution is 5.73. The first-order valence-electron chi connectivity index (χ1n) is 4.21. The molecule has 0 aliphatic heterocycles. The van der Waals surface area contributed by atoms with Gasteiger partial charge in [0.1, 0.15) is 0 Å². The highest BCUT2D eigenvalue weighted by Crippen LogP contribution is 2.33. The highest BCUT2D eigenvalue weighted by atomic mass is 17.1. The Bertz CT molecular complexity index is 184. The van der Waals surface area contributed by atoms with Crippen molar-refractivity contribution in [3.8, 4) is 0 Å². The number of carbonyl (C=O) groups is 1. The molecule has 0 aromatic heterocycles. The van der Waals surface area contributed by atoms with Crippen molar-refractivity contribution in [2.24, 2.45) is 10.8 Å². The molecule has 4 heteroatoms. The van der Waals surface area contributed by atoms with Crippen molar-refractivity contribution in [3.63, 3.8) is 0 Å². The molecule has 78 valence electrons. The third-order valence-electron chi connectivity index (χ3n) is 1.95. The second-order valence-electron chi connectivity index (χ2n) is 4.80. The molecule has 0 unspecified atom stereocenters. The molecular formula is C9H18O4. The van der Waals surface area contributed by atoms with Crippen molar-refractivity contribution in [1.29, 1.82) is 0 Å². The summed E-state index contributed by atoms with van der Waals surface area (Å²) in [5, 5.41) is 17.2. The van der Waals surface area contributed by atoms with Gasteiger partial charge in [0.2, 0.25) is 0 Å². The standard InChI is InChI=1S/C9H18O4/c1-8(2,6-13-12)5-9(3,4)7(10)11/h12H,5-6H2,1-4H3,(H,10,11). The topological polar surface area (TPSA) is 66.8 Å². The molecule has 0 aromatic carbocycles. The minimum Gasteiger partial charge on any atom is -0.481 e. The second-order valence-corrected chi connectivity index (χ2v) is 4.80. The number of aliphatic carboxylic acids is 1. The van der Waals surface area contributed by atoms with Crippen LogP contribution >= 0.6 is 0 Å². The molecule has 0 heterocycles. The Hall–Kier alpha value is -0.610. The zero-order valence-electron chi connectivity index (χ0n) is 8.63. The average Bonchev–Trinajstić information content (AvgIpc) is 1.83. The van der Waals surface area contributed by atoms with Gasteiger partial charge in [-0.05, 0) is 25.7 Å². The van der Waals surface area contributed by atoms with Crippen LogP contribution in [0.25, 0.3) is 0 Å². The van der Waals surface area contributed by atoms with Gasteiger partial charge in [-0.1, -0.05) is 13.8 Å². The smallest absolute Gasteiger partial charge is 0.309 e. The molecule has 0 amide bonds. The van der Waals surface area contributed by atoms with Gasteiger partial charge in [0.25, 0.3) is 0 Å². The first-order chi connectivity index (χ1) is 5.71. The van der Waals surface area contributed by atoms with Gasteiger partial charge in [-0.25, -0.2) is 4.89 Å². The second kappa shape index (κ2) is 4.07. The Morgan fingerprint density at radius 3 is 2.08 bits per heavy atom. The Kier molecular flexibility index (Phi) is 3.88. The lowest BCUT2D eigenvalue weighted by Crippen LogP contribution is -2.32. The molecule has 0 spiro atoms. The number of hydrogen-bond acceptors (Lipinski definition) is 3. The van der Waals surface area contributed by atoms with Crippen LogP contribution < -0.4 is 0 Å². The number of hydrogen-bond donors (Lipinski definition) is 2. The number of carboxylic acids is 1. The maximum Gasteiger partial charge on any atom is 0.309 e. The van der Waals surface area contributed by atoms with E-state index in [1.807, 2.05) is 13.8 Å². The fourth-order valence-electron chi connectivity index (χ4n) is 1.50. The molecule has 0 bridgehead atoms. The minimum atomic E-state index is -0.835. The van der Waals surface area contributed by atoms with Gasteiger partial charge >= 0.3 is 5.97 Å². The zero-order valence-corrected chi connectivity index (χ0v) is 8.63. The van der Waals surface area contributed by atoms with Crippen LogP contribution in [-0.2, 0) is 9.68 Å². The number of rotatable bonds is 5. The summed E-state index contributed by atoms with van der Waals surface area (Å²) >= 11 is 0. The zero-order chi connectivity index (χ0) is 10.7. The van der Waals surface area contributed by atoms with Crippen LogP contribution in [0.2, 0.25) is 0 Å². The van der Waals surface area contributed by atoms with E-state index in [1.54, 1.807) is 13.8 Å². The predicted molar refractivity (Wildman–Crippen MR) is 48.4 cm³/mol. The van der Waals surface area contributed by atoms with E-state index in [0.29, 0.717) is 6.42 Å². The van der Waals surface area contributed by atoms with Gasteiger partial charge in [0.05, 0.1) is 12.0 Å². The van der Waals surface area contributed by atoms with Crippen LogP contribution in [0.4, 0.5) is 0 Å². The van der Waals surface area contributed by atoms with Crippen molar-refractivity contribution < 1.29 is 20.0 Å². The van der Waals surface area contributed by atoms with Crippen molar-refractivity contribution >= 4 is 5.97 Å². The summed E-state index contributed by atoms with van der Waals surface area (Å²) in [7, 11) is 0. The quantitative estimate of drug-likeness (QED) is 0.514. The lowest BCUT2D eigenvalue weighted by molar-refractivity contribution is -0.261. The molecule has 0 aromatic rings. The molecule has 0 rings (SSSR count). The van der Waals surface area contributed by atoms with Gasteiger partial charge in [-0.2, -0.15) is 0 Å². The molecule has 13 heavy (non-hydrogen) atoms. The molecule has 0 saturated carbocycles. The molecular weight excluding hydrogens is 172 g/mol. The Morgan fingerprint density at radius 1 is 1.31 bits per heavy atom. The largest absolute Gasteiger partial charge is 0.481 e. The van der Waals surface area contributed by atoms with Crippen LogP contribution in [-0.4, -0.2) is 22.9 Å². The fraction of sp³-hybridized carbons (Fsp3) is 0.889. The van der Waals surface area contributed by atoms with E-state index in [2.05, 4.69) is 4.89 Å². The summed E-state index contributed by atoms with van der Waals surface area (Å²) in [5.74, 6) is -0.835. The van der Waals surface area contributed by atoms with Crippen LogP contribution in [0.3, 0.4) is 0 Å². The molecule has 0 atom stereocenters. The van der Waals surface area contributed by atoms with Crippen molar-refractivity contribution in [3.05, 3.63) is 0 Å². The van der Waals surface area contributed by atoms with E-state index in [-0.39, 0.29) is 12.0 Å². The Balaban J connectivity index is 4.33. The van der Waals surface area contributed by atoms with Gasteiger partial charge in [0, 0.05) is 0 Å². The summed E-state index contributed by atoms with van der Waals surface area (Å²) in [4.78, 5) is 14.8. The SMILES string of the molecule is CC(C)(COO)CC(C)(C)C(=O)O. The van der Waals surface area contributed by atoms with Crippen molar-refractivity contribution in [2.75, 3.05) is 6.61 Å². The average molecular weight is 190 g/mol. The van der Waals surface area contributed by atoms with E-state index in [1.165, 1.54) is 0 Å². The van der Waals surface area contributed by atoms with E-state index < -0.39 is 11.4 Å². The van der Waals surface area contributed by atoms with Crippen LogP contribution in [0, 0.1) is 10.8 Å². The third kappa shape index (κ3) is 4.24. The van der Waals surface area contributed by atoms with Gasteiger partial charge < -0.3 is 5.11 Å². The van der Waals surface area contributed by atoms with Crippen molar-refractivity contribution in [1.82, 2.24) is 0 Å². The van der Waals surface area contributed by atoms with Gasteiger partial charge in [-0.15, -0.1) is 0 Å². The molecule has 0 fully saturated rings. The van der Waals surface area contributed by atoms with Crippen LogP contribution in [0.1, 0.15) is 34.1 Å². The molecule has 2 N–H and O–H groups in total.